The number of hydrogen-bond donors (Lipinski definition) is 0. The first-order chi connectivity index (χ1) is 30.3. The van der Waals surface area contributed by atoms with Crippen molar-refractivity contribution in [1.82, 2.24) is 4.57 Å². The lowest BCUT2D eigenvalue weighted by Gasteiger charge is -2.27. The van der Waals surface area contributed by atoms with Gasteiger partial charge < -0.3 is 9.47 Å². The van der Waals surface area contributed by atoms with Crippen LogP contribution in [0.4, 0.5) is 17.1 Å². The molecule has 0 spiro atoms. The van der Waals surface area contributed by atoms with E-state index in [2.05, 4.69) is 240 Å². The number of para-hydroxylation sites is 1. The van der Waals surface area contributed by atoms with E-state index in [9.17, 15) is 0 Å². The van der Waals surface area contributed by atoms with E-state index in [-0.39, 0.29) is 0 Å². The molecule has 2 heterocycles. The van der Waals surface area contributed by atoms with Crippen LogP contribution in [0.5, 0.6) is 0 Å². The van der Waals surface area contributed by atoms with Crippen LogP contribution in [0.1, 0.15) is 0 Å². The van der Waals surface area contributed by atoms with E-state index in [1.54, 1.807) is 0 Å². The molecule has 0 N–H and O–H groups in total. The zero-order valence-electron chi connectivity index (χ0n) is 33.2. The number of nitrogens with zero attached hydrogens (tertiary/aromatic N) is 2. The highest BCUT2D eigenvalue weighted by Crippen LogP contribution is 2.48. The van der Waals surface area contributed by atoms with E-state index in [1.807, 2.05) is 11.3 Å². The second-order valence-electron chi connectivity index (χ2n) is 15.7. The van der Waals surface area contributed by atoms with Crippen molar-refractivity contribution < 1.29 is 0 Å². The monoisotopic (exact) mass is 794 g/mol. The standard InChI is InChI=1S/C58H38N2S/c1-3-16-39(17-4-1)41-30-34-44(35-31-41)59(45-36-32-42(33-37-45)40-18-5-2-6-19-40)46-21-15-20-43(38-46)55-47-22-7-9-24-49(47)56(50-25-10-8-23-48(50)55)60-53-28-13-11-26-51(53)58-57(60)52-27-12-14-29-54(52)61-58/h1-38H. The third-order valence-electron chi connectivity index (χ3n) is 12.2. The molecule has 286 valence electrons. The molecule has 0 bridgehead atoms. The van der Waals surface area contributed by atoms with Crippen molar-refractivity contribution in [1.29, 1.82) is 0 Å². The lowest BCUT2D eigenvalue weighted by atomic mass is 9.90. The van der Waals surface area contributed by atoms with Crippen molar-refractivity contribution in [2.75, 3.05) is 4.90 Å². The van der Waals surface area contributed by atoms with E-state index >= 15 is 0 Å². The van der Waals surface area contributed by atoms with Crippen LogP contribution in [-0.2, 0) is 0 Å². The first-order valence-electron chi connectivity index (χ1n) is 20.8. The fraction of sp³-hybridized carbons (Fsp3) is 0. The van der Waals surface area contributed by atoms with Crippen LogP contribution in [0.25, 0.3) is 91.8 Å². The largest absolute Gasteiger partial charge is 0.310 e. The van der Waals surface area contributed by atoms with Crippen LogP contribution >= 0.6 is 11.3 Å². The van der Waals surface area contributed by atoms with Gasteiger partial charge in [0, 0.05) is 43.3 Å². The highest BCUT2D eigenvalue weighted by molar-refractivity contribution is 7.26. The van der Waals surface area contributed by atoms with Gasteiger partial charge in [0.15, 0.2) is 0 Å². The summed E-state index contributed by atoms with van der Waals surface area (Å²) in [5.74, 6) is 0. The van der Waals surface area contributed by atoms with Crippen LogP contribution in [0.3, 0.4) is 0 Å². The van der Waals surface area contributed by atoms with Gasteiger partial charge in [-0.1, -0.05) is 182 Å². The van der Waals surface area contributed by atoms with Gasteiger partial charge in [-0.15, -0.1) is 11.3 Å². The average molecular weight is 795 g/mol. The van der Waals surface area contributed by atoms with E-state index in [0.29, 0.717) is 0 Å². The molecule has 12 rings (SSSR count). The molecule has 0 saturated carbocycles. The van der Waals surface area contributed by atoms with Gasteiger partial charge in [-0.2, -0.15) is 0 Å². The summed E-state index contributed by atoms with van der Waals surface area (Å²) >= 11 is 1.89. The van der Waals surface area contributed by atoms with Crippen molar-refractivity contribution in [3.05, 3.63) is 231 Å². The van der Waals surface area contributed by atoms with Gasteiger partial charge in [0.2, 0.25) is 0 Å². The summed E-state index contributed by atoms with van der Waals surface area (Å²) in [6.07, 6.45) is 0. The molecule has 0 aliphatic rings. The Hall–Kier alpha value is -7.72. The number of anilines is 3. The van der Waals surface area contributed by atoms with Crippen LogP contribution in [-0.4, -0.2) is 4.57 Å². The zero-order chi connectivity index (χ0) is 40.3. The Morgan fingerprint density at radius 2 is 0.787 bits per heavy atom. The molecule has 0 amide bonds. The number of hydrogen-bond acceptors (Lipinski definition) is 2. The number of rotatable bonds is 7. The Labute approximate surface area is 358 Å². The topological polar surface area (TPSA) is 8.17 Å². The van der Waals surface area contributed by atoms with Crippen LogP contribution in [0, 0.1) is 0 Å². The predicted molar refractivity (Wildman–Crippen MR) is 262 cm³/mol. The minimum absolute atomic E-state index is 1.09. The van der Waals surface area contributed by atoms with E-state index in [4.69, 9.17) is 0 Å². The maximum atomic E-state index is 2.55. The van der Waals surface area contributed by atoms with Gasteiger partial charge in [0.1, 0.15) is 0 Å². The first-order valence-corrected chi connectivity index (χ1v) is 21.7. The molecular formula is C58H38N2S. The van der Waals surface area contributed by atoms with E-state index in [0.717, 1.165) is 17.1 Å². The molecular weight excluding hydrogens is 757 g/mol. The molecule has 3 heteroatoms. The summed E-state index contributed by atoms with van der Waals surface area (Å²) < 4.78 is 5.19. The Morgan fingerprint density at radius 1 is 0.328 bits per heavy atom. The molecule has 2 aromatic heterocycles. The lowest BCUT2D eigenvalue weighted by Crippen LogP contribution is -2.10. The van der Waals surface area contributed by atoms with Gasteiger partial charge in [-0.25, -0.2) is 0 Å². The molecule has 0 aliphatic carbocycles. The average Bonchev–Trinajstić information content (AvgIpc) is 3.87. The van der Waals surface area contributed by atoms with Gasteiger partial charge in [-0.05, 0) is 92.7 Å². The summed E-state index contributed by atoms with van der Waals surface area (Å²) in [6.45, 7) is 0. The van der Waals surface area contributed by atoms with Gasteiger partial charge in [0.05, 0.1) is 21.4 Å². The molecule has 10 aromatic carbocycles. The summed E-state index contributed by atoms with van der Waals surface area (Å²) in [5.41, 5.74) is 14.2. The molecule has 0 unspecified atom stereocenters. The minimum atomic E-state index is 1.09. The van der Waals surface area contributed by atoms with Crippen molar-refractivity contribution in [2.45, 2.75) is 0 Å². The minimum Gasteiger partial charge on any atom is -0.310 e. The predicted octanol–water partition coefficient (Wildman–Crippen LogP) is 16.8. The Bertz CT molecular complexity index is 3420. The highest BCUT2D eigenvalue weighted by Gasteiger charge is 2.23. The number of fused-ring (bicyclic) bond motifs is 7. The Morgan fingerprint density at radius 3 is 1.38 bits per heavy atom. The maximum absolute atomic E-state index is 2.55. The summed E-state index contributed by atoms with van der Waals surface area (Å²) in [7, 11) is 0. The second kappa shape index (κ2) is 14.5. The molecule has 0 aliphatic heterocycles. The van der Waals surface area contributed by atoms with Crippen molar-refractivity contribution in [3.63, 3.8) is 0 Å². The molecule has 2 nitrogen and oxygen atoms in total. The fourth-order valence-corrected chi connectivity index (χ4v) is 10.6. The summed E-state index contributed by atoms with van der Waals surface area (Å²) in [6, 6.07) is 84.0. The summed E-state index contributed by atoms with van der Waals surface area (Å²) in [4.78, 5) is 2.39. The van der Waals surface area contributed by atoms with E-state index in [1.165, 1.54) is 91.8 Å². The van der Waals surface area contributed by atoms with Gasteiger partial charge in [0.25, 0.3) is 0 Å². The van der Waals surface area contributed by atoms with Gasteiger partial charge in [-0.3, -0.25) is 0 Å². The smallest absolute Gasteiger partial charge is 0.0728 e. The molecule has 61 heavy (non-hydrogen) atoms. The first kappa shape index (κ1) is 35.2. The molecule has 12 aromatic rings. The van der Waals surface area contributed by atoms with Crippen LogP contribution < -0.4 is 4.90 Å². The normalized spacial score (nSPS) is 11.6. The second-order valence-corrected chi connectivity index (χ2v) is 16.7. The van der Waals surface area contributed by atoms with Crippen molar-refractivity contribution >= 4 is 81.1 Å². The number of thiophene rings is 1. The molecule has 0 atom stereocenters. The third kappa shape index (κ3) is 5.85. The fourth-order valence-electron chi connectivity index (χ4n) is 9.42. The van der Waals surface area contributed by atoms with Crippen LogP contribution in [0.2, 0.25) is 0 Å². The van der Waals surface area contributed by atoms with Crippen LogP contribution in [0.15, 0.2) is 231 Å². The van der Waals surface area contributed by atoms with E-state index < -0.39 is 0 Å². The molecule has 0 saturated heterocycles. The molecule has 0 fully saturated rings. The third-order valence-corrected chi connectivity index (χ3v) is 13.4. The Balaban J connectivity index is 1.07. The molecule has 0 radical (unpaired) electrons. The van der Waals surface area contributed by atoms with Crippen molar-refractivity contribution in [2.24, 2.45) is 0 Å². The number of aromatic nitrogens is 1. The zero-order valence-corrected chi connectivity index (χ0v) is 34.1. The highest BCUT2D eigenvalue weighted by atomic mass is 32.1. The SMILES string of the molecule is c1ccc(-c2ccc(N(c3ccc(-c4ccccc4)cc3)c3cccc(-c4c5ccccc5c(-n5c6ccccc6c6sc7ccccc7c65)c5ccccc45)c3)cc2)cc1. The maximum Gasteiger partial charge on any atom is 0.0728 e. The van der Waals surface area contributed by atoms with Gasteiger partial charge >= 0.3 is 0 Å². The number of benzene rings is 10. The Kier molecular flexibility index (Phi) is 8.39. The lowest BCUT2D eigenvalue weighted by molar-refractivity contribution is 1.22. The quantitative estimate of drug-likeness (QED) is 0.146. The summed E-state index contributed by atoms with van der Waals surface area (Å²) in [5, 5.41) is 7.48. The van der Waals surface area contributed by atoms with Crippen molar-refractivity contribution in [3.8, 4) is 39.1 Å².